The first-order valence-electron chi connectivity index (χ1n) is 4.03. The molecular formula is C9H8O3S. The van der Waals surface area contributed by atoms with E-state index in [0.717, 1.165) is 4.88 Å². The fourth-order valence-corrected chi connectivity index (χ4v) is 2.34. The second-order valence-electron chi connectivity index (χ2n) is 2.73. The van der Waals surface area contributed by atoms with Crippen LogP contribution in [0.25, 0.3) is 0 Å². The Morgan fingerprint density at radius 2 is 2.31 bits per heavy atom. The summed E-state index contributed by atoms with van der Waals surface area (Å²) < 4.78 is 5.21. The zero-order chi connectivity index (χ0) is 9.42. The summed E-state index contributed by atoms with van der Waals surface area (Å²) in [4.78, 5) is 23.4. The van der Waals surface area contributed by atoms with Crippen molar-refractivity contribution in [1.82, 2.24) is 0 Å². The van der Waals surface area contributed by atoms with E-state index in [9.17, 15) is 9.59 Å². The van der Waals surface area contributed by atoms with Crippen molar-refractivity contribution in [2.45, 2.75) is 13.0 Å². The van der Waals surface area contributed by atoms with Gasteiger partial charge in [-0.15, -0.1) is 11.3 Å². The summed E-state index contributed by atoms with van der Waals surface area (Å²) in [5.74, 6) is -0.835. The van der Waals surface area contributed by atoms with Crippen molar-refractivity contribution in [3.8, 4) is 0 Å². The highest BCUT2D eigenvalue weighted by molar-refractivity contribution is 7.11. The largest absolute Gasteiger partial charge is 0.365 e. The molecule has 0 saturated heterocycles. The first-order valence-corrected chi connectivity index (χ1v) is 4.91. The van der Waals surface area contributed by atoms with Gasteiger partial charge in [-0.2, -0.15) is 0 Å². The number of carbonyl (C=O) groups excluding carboxylic acids is 2. The molecule has 2 rings (SSSR count). The molecule has 1 aromatic rings. The number of rotatable bonds is 2. The number of ketones is 2. The van der Waals surface area contributed by atoms with Crippen LogP contribution in [0, 0.1) is 0 Å². The highest BCUT2D eigenvalue weighted by Gasteiger charge is 2.39. The second kappa shape index (κ2) is 3.05. The van der Waals surface area contributed by atoms with Gasteiger partial charge < -0.3 is 4.74 Å². The van der Waals surface area contributed by atoms with Crippen molar-refractivity contribution >= 4 is 22.9 Å². The Labute approximate surface area is 79.3 Å². The Balaban J connectivity index is 2.42. The Hall–Kier alpha value is -1.000. The van der Waals surface area contributed by atoms with Crippen molar-refractivity contribution < 1.29 is 14.3 Å². The summed E-state index contributed by atoms with van der Waals surface area (Å²) in [6, 6.07) is 1.68. The summed E-state index contributed by atoms with van der Waals surface area (Å²) in [5, 5.41) is 1.81. The second-order valence-corrected chi connectivity index (χ2v) is 3.67. The molecule has 13 heavy (non-hydrogen) atoms. The zero-order valence-electron chi connectivity index (χ0n) is 7.07. The molecule has 1 aliphatic carbocycles. The summed E-state index contributed by atoms with van der Waals surface area (Å²) in [6.45, 7) is 2.25. The molecule has 1 heterocycles. The van der Waals surface area contributed by atoms with Crippen molar-refractivity contribution in [2.24, 2.45) is 0 Å². The van der Waals surface area contributed by atoms with E-state index in [0.29, 0.717) is 12.2 Å². The van der Waals surface area contributed by atoms with Gasteiger partial charge in [-0.3, -0.25) is 9.59 Å². The standard InChI is InChI=1S/C9H8O3S/c1-2-12-8-7(11)6(10)5-3-4-13-9(5)8/h3-4,8H,2H2,1H3. The average Bonchev–Trinajstić information content (AvgIpc) is 2.66. The quantitative estimate of drug-likeness (QED) is 0.674. The van der Waals surface area contributed by atoms with Crippen LogP contribution in [-0.2, 0) is 9.53 Å². The Bertz CT molecular complexity index is 367. The molecule has 0 fully saturated rings. The van der Waals surface area contributed by atoms with Crippen LogP contribution in [0.15, 0.2) is 11.4 Å². The fraction of sp³-hybridized carbons (Fsp3) is 0.333. The number of ether oxygens (including phenoxy) is 1. The molecule has 1 aromatic heterocycles. The molecule has 0 radical (unpaired) electrons. The first kappa shape index (κ1) is 8.59. The van der Waals surface area contributed by atoms with E-state index in [4.69, 9.17) is 4.74 Å². The van der Waals surface area contributed by atoms with Gasteiger partial charge in [-0.25, -0.2) is 0 Å². The van der Waals surface area contributed by atoms with Gasteiger partial charge in [0.25, 0.3) is 0 Å². The highest BCUT2D eigenvalue weighted by Crippen LogP contribution is 2.35. The van der Waals surface area contributed by atoms with Crippen LogP contribution in [0.1, 0.15) is 28.3 Å². The number of carbonyl (C=O) groups is 2. The topological polar surface area (TPSA) is 43.4 Å². The Morgan fingerprint density at radius 1 is 1.54 bits per heavy atom. The molecule has 4 heteroatoms. The van der Waals surface area contributed by atoms with Crippen LogP contribution in [0.5, 0.6) is 0 Å². The van der Waals surface area contributed by atoms with Crippen molar-refractivity contribution in [1.29, 1.82) is 0 Å². The third kappa shape index (κ3) is 1.14. The minimum Gasteiger partial charge on any atom is -0.365 e. The molecule has 0 bridgehead atoms. The van der Waals surface area contributed by atoms with E-state index in [1.807, 2.05) is 6.92 Å². The summed E-state index contributed by atoms with van der Waals surface area (Å²) in [5.41, 5.74) is 0.522. The van der Waals surface area contributed by atoms with E-state index in [2.05, 4.69) is 0 Å². The van der Waals surface area contributed by atoms with Gasteiger partial charge in [0.05, 0.1) is 4.88 Å². The van der Waals surface area contributed by atoms with Crippen LogP contribution in [0.4, 0.5) is 0 Å². The van der Waals surface area contributed by atoms with Crippen LogP contribution in [0.2, 0.25) is 0 Å². The predicted molar refractivity (Wildman–Crippen MR) is 48.0 cm³/mol. The lowest BCUT2D eigenvalue weighted by Gasteiger charge is -2.05. The first-order chi connectivity index (χ1) is 6.25. The molecule has 68 valence electrons. The zero-order valence-corrected chi connectivity index (χ0v) is 7.89. The van der Waals surface area contributed by atoms with Gasteiger partial charge >= 0.3 is 0 Å². The number of fused-ring (bicyclic) bond motifs is 1. The van der Waals surface area contributed by atoms with Crippen LogP contribution in [-0.4, -0.2) is 18.2 Å². The normalized spacial score (nSPS) is 20.8. The summed E-state index contributed by atoms with van der Waals surface area (Å²) >= 11 is 1.40. The minimum absolute atomic E-state index is 0.408. The molecule has 0 aliphatic heterocycles. The molecule has 0 N–H and O–H groups in total. The molecule has 0 saturated carbocycles. The van der Waals surface area contributed by atoms with E-state index in [1.54, 1.807) is 11.4 Å². The molecule has 0 spiro atoms. The maximum absolute atomic E-state index is 11.3. The van der Waals surface area contributed by atoms with Gasteiger partial charge in [0.1, 0.15) is 0 Å². The van der Waals surface area contributed by atoms with Crippen molar-refractivity contribution in [3.05, 3.63) is 21.9 Å². The van der Waals surface area contributed by atoms with Crippen molar-refractivity contribution in [3.63, 3.8) is 0 Å². The smallest absolute Gasteiger partial charge is 0.237 e. The molecule has 1 aliphatic rings. The lowest BCUT2D eigenvalue weighted by atomic mass is 10.2. The molecular weight excluding hydrogens is 188 g/mol. The monoisotopic (exact) mass is 196 g/mol. The molecule has 3 nitrogen and oxygen atoms in total. The third-order valence-corrected chi connectivity index (χ3v) is 2.93. The number of hydrogen-bond donors (Lipinski definition) is 0. The number of thiophene rings is 1. The predicted octanol–water partition coefficient (Wildman–Crippen LogP) is 1.59. The Kier molecular flexibility index (Phi) is 2.01. The van der Waals surface area contributed by atoms with E-state index >= 15 is 0 Å². The SMILES string of the molecule is CCOC1C(=O)C(=O)c2ccsc21. The van der Waals surface area contributed by atoms with Crippen LogP contribution < -0.4 is 0 Å². The molecule has 1 unspecified atom stereocenters. The van der Waals surface area contributed by atoms with Crippen LogP contribution >= 0.6 is 11.3 Å². The van der Waals surface area contributed by atoms with Gasteiger partial charge in [0.15, 0.2) is 6.10 Å². The fourth-order valence-electron chi connectivity index (χ4n) is 1.40. The number of hydrogen-bond acceptors (Lipinski definition) is 4. The van der Waals surface area contributed by atoms with E-state index in [-0.39, 0.29) is 0 Å². The van der Waals surface area contributed by atoms with Gasteiger partial charge in [0.2, 0.25) is 11.6 Å². The average molecular weight is 196 g/mol. The highest BCUT2D eigenvalue weighted by atomic mass is 32.1. The maximum Gasteiger partial charge on any atom is 0.237 e. The lowest BCUT2D eigenvalue weighted by molar-refractivity contribution is -0.125. The molecule has 0 aromatic carbocycles. The van der Waals surface area contributed by atoms with Crippen molar-refractivity contribution in [2.75, 3.05) is 6.61 Å². The number of Topliss-reactive ketones (excluding diaryl/α,β-unsaturated/α-hetero) is 2. The van der Waals surface area contributed by atoms with Crippen LogP contribution in [0.3, 0.4) is 0 Å². The lowest BCUT2D eigenvalue weighted by Crippen LogP contribution is -2.14. The third-order valence-electron chi connectivity index (χ3n) is 1.97. The van der Waals surface area contributed by atoms with E-state index < -0.39 is 17.7 Å². The minimum atomic E-state index is -0.632. The van der Waals surface area contributed by atoms with E-state index in [1.165, 1.54) is 11.3 Å². The van der Waals surface area contributed by atoms with Gasteiger partial charge in [-0.05, 0) is 18.4 Å². The molecule has 0 amide bonds. The van der Waals surface area contributed by atoms with Gasteiger partial charge in [0, 0.05) is 12.2 Å². The molecule has 1 atom stereocenters. The Morgan fingerprint density at radius 3 is 3.00 bits per heavy atom. The van der Waals surface area contributed by atoms with Gasteiger partial charge in [-0.1, -0.05) is 0 Å². The maximum atomic E-state index is 11.3. The summed E-state index contributed by atoms with van der Waals surface area (Å²) in [7, 11) is 0. The summed E-state index contributed by atoms with van der Waals surface area (Å²) in [6.07, 6.45) is -0.632.